The van der Waals surface area contributed by atoms with Crippen LogP contribution < -0.4 is 5.73 Å². The Labute approximate surface area is 75.2 Å². The maximum Gasteiger partial charge on any atom is 0.0583 e. The lowest BCUT2D eigenvalue weighted by Gasteiger charge is -2.30. The van der Waals surface area contributed by atoms with Gasteiger partial charge in [0, 0.05) is 0 Å². The largest absolute Gasteiger partial charge is 0.393 e. The van der Waals surface area contributed by atoms with Gasteiger partial charge in [-0.2, -0.15) is 0 Å². The second-order valence-electron chi connectivity index (χ2n) is 4.00. The minimum atomic E-state index is -0.148. The summed E-state index contributed by atoms with van der Waals surface area (Å²) in [6, 6.07) is 0. The van der Waals surface area contributed by atoms with Gasteiger partial charge in [0.2, 0.25) is 0 Å². The first-order valence-electron chi connectivity index (χ1n) is 5.16. The summed E-state index contributed by atoms with van der Waals surface area (Å²) in [5.41, 5.74) is 5.56. The molecule has 1 aliphatic carbocycles. The van der Waals surface area contributed by atoms with Gasteiger partial charge in [0.05, 0.1) is 6.10 Å². The third-order valence-electron chi connectivity index (χ3n) is 3.17. The van der Waals surface area contributed by atoms with Crippen LogP contribution in [0.2, 0.25) is 0 Å². The Kier molecular flexibility index (Phi) is 4.02. The Morgan fingerprint density at radius 2 is 2.17 bits per heavy atom. The van der Waals surface area contributed by atoms with Crippen LogP contribution in [0.5, 0.6) is 0 Å². The molecule has 1 fully saturated rings. The zero-order valence-corrected chi connectivity index (χ0v) is 8.00. The number of rotatable bonds is 5. The quantitative estimate of drug-likeness (QED) is 0.659. The van der Waals surface area contributed by atoms with E-state index < -0.39 is 0 Å². The molecule has 2 unspecified atom stereocenters. The zero-order chi connectivity index (χ0) is 8.97. The van der Waals surface area contributed by atoms with Gasteiger partial charge < -0.3 is 10.8 Å². The van der Waals surface area contributed by atoms with Gasteiger partial charge in [-0.05, 0) is 31.2 Å². The Balaban J connectivity index is 2.19. The smallest absolute Gasteiger partial charge is 0.0583 e. The maximum atomic E-state index is 9.76. The summed E-state index contributed by atoms with van der Waals surface area (Å²) < 4.78 is 0. The number of aliphatic hydroxyl groups excluding tert-OH is 1. The van der Waals surface area contributed by atoms with Crippen molar-refractivity contribution in [1.82, 2.24) is 0 Å². The zero-order valence-electron chi connectivity index (χ0n) is 8.00. The predicted molar refractivity (Wildman–Crippen MR) is 50.8 cm³/mol. The summed E-state index contributed by atoms with van der Waals surface area (Å²) >= 11 is 0. The summed E-state index contributed by atoms with van der Waals surface area (Å²) in [6.07, 6.45) is 5.83. The van der Waals surface area contributed by atoms with E-state index in [-0.39, 0.29) is 6.10 Å². The average Bonchev–Trinajstić information content (AvgIpc) is 1.99. The molecule has 0 bridgehead atoms. The SMILES string of the molecule is CCC(CN)C(O)CC1CCC1. The molecular formula is C10H21NO. The van der Waals surface area contributed by atoms with Crippen LogP contribution in [0.3, 0.4) is 0 Å². The van der Waals surface area contributed by atoms with E-state index in [4.69, 9.17) is 5.73 Å². The normalized spacial score (nSPS) is 23.2. The second kappa shape index (κ2) is 4.83. The van der Waals surface area contributed by atoms with Crippen molar-refractivity contribution >= 4 is 0 Å². The van der Waals surface area contributed by atoms with Crippen LogP contribution in [-0.2, 0) is 0 Å². The lowest BCUT2D eigenvalue weighted by Crippen LogP contribution is -2.30. The number of nitrogens with two attached hydrogens (primary N) is 1. The maximum absolute atomic E-state index is 9.76. The summed E-state index contributed by atoms with van der Waals surface area (Å²) in [6.45, 7) is 2.73. The molecule has 2 nitrogen and oxygen atoms in total. The van der Waals surface area contributed by atoms with E-state index in [1.165, 1.54) is 19.3 Å². The molecule has 0 amide bonds. The number of aliphatic hydroxyl groups is 1. The first-order valence-corrected chi connectivity index (χ1v) is 5.16. The molecule has 1 rings (SSSR count). The second-order valence-corrected chi connectivity index (χ2v) is 4.00. The van der Waals surface area contributed by atoms with Gasteiger partial charge in [-0.3, -0.25) is 0 Å². The van der Waals surface area contributed by atoms with Gasteiger partial charge in [-0.1, -0.05) is 26.2 Å². The molecule has 2 heteroatoms. The van der Waals surface area contributed by atoms with Gasteiger partial charge in [-0.15, -0.1) is 0 Å². The first kappa shape index (κ1) is 10.0. The third kappa shape index (κ3) is 2.46. The monoisotopic (exact) mass is 171 g/mol. The number of hydrogen-bond acceptors (Lipinski definition) is 2. The van der Waals surface area contributed by atoms with Crippen molar-refractivity contribution < 1.29 is 5.11 Å². The highest BCUT2D eigenvalue weighted by atomic mass is 16.3. The molecule has 12 heavy (non-hydrogen) atoms. The Hall–Kier alpha value is -0.0800. The van der Waals surface area contributed by atoms with Crippen molar-refractivity contribution in [2.75, 3.05) is 6.54 Å². The Morgan fingerprint density at radius 1 is 1.50 bits per heavy atom. The van der Waals surface area contributed by atoms with E-state index in [0.29, 0.717) is 12.5 Å². The molecule has 1 saturated carbocycles. The van der Waals surface area contributed by atoms with Crippen molar-refractivity contribution in [2.45, 2.75) is 45.1 Å². The predicted octanol–water partition coefficient (Wildman–Crippen LogP) is 1.52. The van der Waals surface area contributed by atoms with Crippen molar-refractivity contribution in [3.63, 3.8) is 0 Å². The van der Waals surface area contributed by atoms with Crippen molar-refractivity contribution in [1.29, 1.82) is 0 Å². The summed E-state index contributed by atoms with van der Waals surface area (Å²) in [5, 5.41) is 9.76. The average molecular weight is 171 g/mol. The van der Waals surface area contributed by atoms with Gasteiger partial charge >= 0.3 is 0 Å². The number of hydrogen-bond donors (Lipinski definition) is 2. The van der Waals surface area contributed by atoms with E-state index in [2.05, 4.69) is 6.92 Å². The van der Waals surface area contributed by atoms with E-state index in [9.17, 15) is 5.11 Å². The first-order chi connectivity index (χ1) is 5.77. The summed E-state index contributed by atoms with van der Waals surface area (Å²) in [7, 11) is 0. The minimum absolute atomic E-state index is 0.148. The highest BCUT2D eigenvalue weighted by Crippen LogP contribution is 2.32. The van der Waals surface area contributed by atoms with Gasteiger partial charge in [-0.25, -0.2) is 0 Å². The van der Waals surface area contributed by atoms with E-state index in [1.54, 1.807) is 0 Å². The van der Waals surface area contributed by atoms with Crippen LogP contribution in [0, 0.1) is 11.8 Å². The highest BCUT2D eigenvalue weighted by Gasteiger charge is 2.24. The summed E-state index contributed by atoms with van der Waals surface area (Å²) in [5.74, 6) is 1.12. The highest BCUT2D eigenvalue weighted by molar-refractivity contribution is 4.77. The molecular weight excluding hydrogens is 150 g/mol. The molecule has 2 atom stereocenters. The molecule has 0 saturated heterocycles. The van der Waals surface area contributed by atoms with Crippen molar-refractivity contribution in [3.8, 4) is 0 Å². The molecule has 0 heterocycles. The third-order valence-corrected chi connectivity index (χ3v) is 3.17. The van der Waals surface area contributed by atoms with Crippen molar-refractivity contribution in [2.24, 2.45) is 17.6 Å². The lowest BCUT2D eigenvalue weighted by atomic mass is 9.79. The Morgan fingerprint density at radius 3 is 2.50 bits per heavy atom. The molecule has 0 radical (unpaired) electrons. The summed E-state index contributed by atoms with van der Waals surface area (Å²) in [4.78, 5) is 0. The van der Waals surface area contributed by atoms with Gasteiger partial charge in [0.15, 0.2) is 0 Å². The van der Waals surface area contributed by atoms with Crippen LogP contribution in [0.25, 0.3) is 0 Å². The van der Waals surface area contributed by atoms with Crippen molar-refractivity contribution in [3.05, 3.63) is 0 Å². The van der Waals surface area contributed by atoms with Crippen LogP contribution in [0.1, 0.15) is 39.0 Å². The van der Waals surface area contributed by atoms with Crippen LogP contribution in [0.15, 0.2) is 0 Å². The fourth-order valence-corrected chi connectivity index (χ4v) is 1.86. The van der Waals surface area contributed by atoms with Crippen LogP contribution in [-0.4, -0.2) is 17.8 Å². The van der Waals surface area contributed by atoms with Crippen LogP contribution >= 0.6 is 0 Å². The van der Waals surface area contributed by atoms with E-state index in [1.807, 2.05) is 0 Å². The molecule has 0 aromatic heterocycles. The van der Waals surface area contributed by atoms with Gasteiger partial charge in [0.1, 0.15) is 0 Å². The fraction of sp³-hybridized carbons (Fsp3) is 1.00. The molecule has 1 aliphatic rings. The minimum Gasteiger partial charge on any atom is -0.393 e. The molecule has 0 aromatic carbocycles. The van der Waals surface area contributed by atoms with Gasteiger partial charge in [0.25, 0.3) is 0 Å². The van der Waals surface area contributed by atoms with E-state index in [0.717, 1.165) is 18.8 Å². The molecule has 0 aromatic rings. The van der Waals surface area contributed by atoms with Crippen LogP contribution in [0.4, 0.5) is 0 Å². The molecule has 0 aliphatic heterocycles. The lowest BCUT2D eigenvalue weighted by molar-refractivity contribution is 0.0670. The molecule has 0 spiro atoms. The standard InChI is InChI=1S/C10H21NO/c1-2-9(7-11)10(12)6-8-4-3-5-8/h8-10,12H,2-7,11H2,1H3. The van der Waals surface area contributed by atoms with E-state index >= 15 is 0 Å². The topological polar surface area (TPSA) is 46.2 Å². The Bertz CT molecular complexity index is 119. The fourth-order valence-electron chi connectivity index (χ4n) is 1.86. The molecule has 72 valence electrons. The molecule has 3 N–H and O–H groups in total.